The molecule has 1 amide bonds. The summed E-state index contributed by atoms with van der Waals surface area (Å²) in [5, 5.41) is 2.57. The van der Waals surface area contributed by atoms with E-state index < -0.39 is 5.82 Å². The molecule has 19 heavy (non-hydrogen) atoms. The summed E-state index contributed by atoms with van der Waals surface area (Å²) in [4.78, 5) is 20.0. The van der Waals surface area contributed by atoms with Gasteiger partial charge in [0.15, 0.2) is 0 Å². The fourth-order valence-electron chi connectivity index (χ4n) is 1.53. The highest BCUT2D eigenvalue weighted by Crippen LogP contribution is 2.20. The highest BCUT2D eigenvalue weighted by atomic mass is 35.5. The van der Waals surface area contributed by atoms with Crippen LogP contribution in [0.3, 0.4) is 0 Å². The van der Waals surface area contributed by atoms with Crippen molar-refractivity contribution in [3.05, 3.63) is 52.3 Å². The lowest BCUT2D eigenvalue weighted by Gasteiger charge is -2.08. The molecule has 1 aromatic carbocycles. The fourth-order valence-corrected chi connectivity index (χ4v) is 1.71. The van der Waals surface area contributed by atoms with E-state index in [-0.39, 0.29) is 16.6 Å². The predicted molar refractivity (Wildman–Crippen MR) is 70.9 cm³/mol. The molecule has 2 aromatic rings. The Bertz CT molecular complexity index is 646. The first-order valence-electron chi connectivity index (χ1n) is 5.53. The number of nitrogens with zero attached hydrogens (tertiary/aromatic N) is 2. The van der Waals surface area contributed by atoms with Crippen molar-refractivity contribution >= 4 is 23.2 Å². The number of benzene rings is 1. The Morgan fingerprint density at radius 2 is 2.05 bits per heavy atom. The van der Waals surface area contributed by atoms with Gasteiger partial charge in [-0.1, -0.05) is 11.6 Å². The normalized spacial score (nSPS) is 10.3. The van der Waals surface area contributed by atoms with E-state index in [9.17, 15) is 9.18 Å². The second kappa shape index (κ2) is 5.32. The average molecular weight is 280 g/mol. The number of carbonyl (C=O) groups excluding carboxylic acids is 1. The van der Waals surface area contributed by atoms with Gasteiger partial charge in [-0.2, -0.15) is 0 Å². The largest absolute Gasteiger partial charge is 0.321 e. The molecule has 1 aromatic heterocycles. The van der Waals surface area contributed by atoms with Crippen molar-refractivity contribution in [3.8, 4) is 0 Å². The third kappa shape index (κ3) is 2.88. The minimum atomic E-state index is -0.534. The molecule has 0 bridgehead atoms. The molecule has 6 heteroatoms. The van der Waals surface area contributed by atoms with Gasteiger partial charge >= 0.3 is 0 Å². The third-order valence-corrected chi connectivity index (χ3v) is 3.02. The number of nitrogens with one attached hydrogen (secondary N) is 1. The number of aryl methyl sites for hydroxylation is 1. The Kier molecular flexibility index (Phi) is 3.76. The summed E-state index contributed by atoms with van der Waals surface area (Å²) < 4.78 is 13.0. The smallest absolute Gasteiger partial charge is 0.274 e. The zero-order chi connectivity index (χ0) is 14.0. The van der Waals surface area contributed by atoms with E-state index in [1.807, 2.05) is 0 Å². The zero-order valence-corrected chi connectivity index (χ0v) is 11.1. The van der Waals surface area contributed by atoms with E-state index >= 15 is 0 Å². The van der Waals surface area contributed by atoms with E-state index in [1.165, 1.54) is 24.5 Å². The van der Waals surface area contributed by atoms with Crippen LogP contribution in [0.25, 0.3) is 0 Å². The maximum atomic E-state index is 13.0. The van der Waals surface area contributed by atoms with Crippen LogP contribution in [-0.2, 0) is 0 Å². The van der Waals surface area contributed by atoms with Crippen LogP contribution in [0.5, 0.6) is 0 Å². The first-order valence-corrected chi connectivity index (χ1v) is 5.91. The van der Waals surface area contributed by atoms with Crippen LogP contribution in [0, 0.1) is 19.7 Å². The molecular weight excluding hydrogens is 269 g/mol. The van der Waals surface area contributed by atoms with E-state index in [0.29, 0.717) is 11.3 Å². The molecule has 0 fully saturated rings. The Morgan fingerprint density at radius 1 is 1.32 bits per heavy atom. The summed E-state index contributed by atoms with van der Waals surface area (Å²) in [5.41, 5.74) is 2.13. The lowest BCUT2D eigenvalue weighted by molar-refractivity contribution is 0.102. The maximum Gasteiger partial charge on any atom is 0.274 e. The van der Waals surface area contributed by atoms with E-state index in [4.69, 9.17) is 11.6 Å². The number of rotatable bonds is 2. The molecule has 0 aliphatic carbocycles. The summed E-state index contributed by atoms with van der Waals surface area (Å²) in [7, 11) is 0. The minimum absolute atomic E-state index is 0.0478. The van der Waals surface area contributed by atoms with Gasteiger partial charge in [0.05, 0.1) is 5.02 Å². The first kappa shape index (κ1) is 13.4. The van der Waals surface area contributed by atoms with Crippen LogP contribution in [0.4, 0.5) is 10.1 Å². The molecule has 0 atom stereocenters. The topological polar surface area (TPSA) is 54.9 Å². The van der Waals surface area contributed by atoms with Gasteiger partial charge < -0.3 is 5.32 Å². The van der Waals surface area contributed by atoms with Crippen molar-refractivity contribution in [3.63, 3.8) is 0 Å². The highest BCUT2D eigenvalue weighted by molar-refractivity contribution is 6.31. The van der Waals surface area contributed by atoms with Gasteiger partial charge in [0.2, 0.25) is 0 Å². The molecule has 0 radical (unpaired) electrons. The fraction of sp³-hybridized carbons (Fsp3) is 0.154. The van der Waals surface area contributed by atoms with E-state index in [2.05, 4.69) is 15.3 Å². The van der Waals surface area contributed by atoms with Crippen molar-refractivity contribution < 1.29 is 9.18 Å². The molecule has 0 spiro atoms. The van der Waals surface area contributed by atoms with Crippen molar-refractivity contribution in [1.29, 1.82) is 0 Å². The lowest BCUT2D eigenvalue weighted by Crippen LogP contribution is -2.16. The van der Waals surface area contributed by atoms with Crippen LogP contribution in [0.15, 0.2) is 24.5 Å². The number of amides is 1. The molecule has 0 unspecified atom stereocenters. The standard InChI is InChI=1S/C13H11ClFN3O/c1-7-8(2)16-6-17-12(7)13(19)18-9-3-4-11(15)10(14)5-9/h3-6H,1-2H3,(H,18,19). The molecule has 98 valence electrons. The highest BCUT2D eigenvalue weighted by Gasteiger charge is 2.13. The summed E-state index contributed by atoms with van der Waals surface area (Å²) in [6, 6.07) is 3.97. The van der Waals surface area contributed by atoms with Gasteiger partial charge in [-0.15, -0.1) is 0 Å². The van der Waals surface area contributed by atoms with Gasteiger partial charge in [0, 0.05) is 16.9 Å². The molecule has 0 saturated heterocycles. The number of halogens is 2. The number of anilines is 1. The second-order valence-electron chi connectivity index (χ2n) is 4.02. The zero-order valence-electron chi connectivity index (χ0n) is 10.4. The van der Waals surface area contributed by atoms with Crippen molar-refractivity contribution in [1.82, 2.24) is 9.97 Å². The SMILES string of the molecule is Cc1ncnc(C(=O)Nc2ccc(F)c(Cl)c2)c1C. The van der Waals surface area contributed by atoms with Crippen LogP contribution >= 0.6 is 11.6 Å². The second-order valence-corrected chi connectivity index (χ2v) is 4.42. The van der Waals surface area contributed by atoms with Crippen LogP contribution in [0.1, 0.15) is 21.7 Å². The Labute approximate surface area is 114 Å². The Morgan fingerprint density at radius 3 is 2.74 bits per heavy atom. The quantitative estimate of drug-likeness (QED) is 0.919. The first-order chi connectivity index (χ1) is 8.99. The van der Waals surface area contributed by atoms with Gasteiger partial charge in [-0.05, 0) is 32.0 Å². The van der Waals surface area contributed by atoms with Crippen molar-refractivity contribution in [2.45, 2.75) is 13.8 Å². The molecule has 0 aliphatic rings. The lowest BCUT2D eigenvalue weighted by atomic mass is 10.2. The molecular formula is C13H11ClFN3O. The summed E-state index contributed by atoms with van der Waals surface area (Å²) >= 11 is 5.65. The number of aromatic nitrogens is 2. The van der Waals surface area contributed by atoms with Gasteiger partial charge in [0.1, 0.15) is 17.8 Å². The van der Waals surface area contributed by atoms with Crippen molar-refractivity contribution in [2.75, 3.05) is 5.32 Å². The molecule has 4 nitrogen and oxygen atoms in total. The van der Waals surface area contributed by atoms with Crippen LogP contribution < -0.4 is 5.32 Å². The monoisotopic (exact) mass is 279 g/mol. The van der Waals surface area contributed by atoms with Crippen LogP contribution in [0.2, 0.25) is 5.02 Å². The van der Waals surface area contributed by atoms with Crippen molar-refractivity contribution in [2.24, 2.45) is 0 Å². The predicted octanol–water partition coefficient (Wildman–Crippen LogP) is 3.14. The molecule has 2 rings (SSSR count). The molecule has 0 saturated carbocycles. The average Bonchev–Trinajstić information content (AvgIpc) is 2.37. The molecule has 1 heterocycles. The molecule has 0 aliphatic heterocycles. The minimum Gasteiger partial charge on any atom is -0.321 e. The van der Waals surface area contributed by atoms with Gasteiger partial charge in [-0.3, -0.25) is 4.79 Å². The van der Waals surface area contributed by atoms with E-state index in [0.717, 1.165) is 5.69 Å². The van der Waals surface area contributed by atoms with Gasteiger partial charge in [0.25, 0.3) is 5.91 Å². The van der Waals surface area contributed by atoms with E-state index in [1.54, 1.807) is 13.8 Å². The number of hydrogen-bond donors (Lipinski definition) is 1. The summed E-state index contributed by atoms with van der Waals surface area (Å²) in [6.45, 7) is 3.56. The van der Waals surface area contributed by atoms with Crippen LogP contribution in [-0.4, -0.2) is 15.9 Å². The van der Waals surface area contributed by atoms with Gasteiger partial charge in [-0.25, -0.2) is 14.4 Å². The molecule has 1 N–H and O–H groups in total. The Hall–Kier alpha value is -2.01. The number of hydrogen-bond acceptors (Lipinski definition) is 3. The third-order valence-electron chi connectivity index (χ3n) is 2.73. The summed E-state index contributed by atoms with van der Waals surface area (Å²) in [5.74, 6) is -0.917. The Balaban J connectivity index is 2.26. The number of carbonyl (C=O) groups is 1. The maximum absolute atomic E-state index is 13.0. The summed E-state index contributed by atoms with van der Waals surface area (Å²) in [6.07, 6.45) is 1.33.